The fourth-order valence-corrected chi connectivity index (χ4v) is 6.90. The molecule has 0 bridgehead atoms. The normalized spacial score (nSPS) is 12.8. The maximum Gasteiger partial charge on any atom is 0.404 e. The summed E-state index contributed by atoms with van der Waals surface area (Å²) in [7, 11) is -3.71. The van der Waals surface area contributed by atoms with E-state index in [1.54, 1.807) is 18.3 Å². The zero-order chi connectivity index (χ0) is 33.4. The molecule has 1 aromatic heterocycles. The first-order chi connectivity index (χ1) is 23.0. The predicted octanol–water partition coefficient (Wildman–Crippen LogP) is 9.52. The Hall–Kier alpha value is -2.71. The first kappa shape index (κ1) is 38.7. The van der Waals surface area contributed by atoms with Gasteiger partial charge in [-0.25, -0.2) is 9.36 Å². The summed E-state index contributed by atoms with van der Waals surface area (Å²) in [6.45, 7) is 3.70. The lowest BCUT2D eigenvalue weighted by Gasteiger charge is -2.20. The zero-order valence-electron chi connectivity index (χ0n) is 28.6. The second-order valence-corrected chi connectivity index (χ2v) is 14.2. The van der Waals surface area contributed by atoms with Crippen LogP contribution in [0.3, 0.4) is 0 Å². The molecule has 0 aliphatic heterocycles. The lowest BCUT2D eigenvalue weighted by molar-refractivity contribution is 0.0852. The third-order valence-corrected chi connectivity index (χ3v) is 9.82. The van der Waals surface area contributed by atoms with Crippen LogP contribution in [0.15, 0.2) is 59.5 Å². The molecule has 1 unspecified atom stereocenters. The second kappa shape index (κ2) is 23.6. The molecule has 0 aliphatic carbocycles. The highest BCUT2D eigenvalue weighted by molar-refractivity contribution is 7.54. The molecule has 2 aromatic carbocycles. The van der Waals surface area contributed by atoms with Gasteiger partial charge in [-0.1, -0.05) is 140 Å². The van der Waals surface area contributed by atoms with Gasteiger partial charge in [0.25, 0.3) is 0 Å². The average Bonchev–Trinajstić information content (AvgIpc) is 3.07. The first-order valence-electron chi connectivity index (χ1n) is 17.9. The van der Waals surface area contributed by atoms with Crippen molar-refractivity contribution < 1.29 is 23.1 Å². The molecule has 0 radical (unpaired) electrons. The number of nitrogens with zero attached hydrogens (tertiary/aromatic N) is 2. The molecule has 2 N–H and O–H groups in total. The molecule has 0 aliphatic rings. The number of unbranched alkanes of at least 4 members (excludes halogenated alkanes) is 15. The van der Waals surface area contributed by atoms with Crippen LogP contribution in [0.2, 0.25) is 0 Å². The molecular weight excluding hydrogens is 613 g/mol. The van der Waals surface area contributed by atoms with Gasteiger partial charge >= 0.3 is 13.3 Å². The van der Waals surface area contributed by atoms with E-state index in [4.69, 9.17) is 24.3 Å². The van der Waals surface area contributed by atoms with Crippen LogP contribution in [-0.2, 0) is 25.1 Å². The van der Waals surface area contributed by atoms with E-state index in [9.17, 15) is 9.36 Å². The predicted molar refractivity (Wildman–Crippen MR) is 192 cm³/mol. The van der Waals surface area contributed by atoms with Crippen LogP contribution in [0.25, 0.3) is 10.8 Å². The number of aromatic nitrogens is 2. The van der Waals surface area contributed by atoms with Gasteiger partial charge in [-0.15, -0.1) is 0 Å². The Bertz CT molecular complexity index is 1360. The van der Waals surface area contributed by atoms with E-state index in [2.05, 4.69) is 11.9 Å². The quantitative estimate of drug-likeness (QED) is 0.0600. The minimum Gasteiger partial charge on any atom is -0.422 e. The van der Waals surface area contributed by atoms with Gasteiger partial charge in [-0.05, 0) is 23.9 Å². The summed E-state index contributed by atoms with van der Waals surface area (Å²) in [6.07, 6.45) is 22.6. The van der Waals surface area contributed by atoms with E-state index < -0.39 is 13.3 Å². The Kier molecular flexibility index (Phi) is 19.4. The third-order valence-electron chi connectivity index (χ3n) is 8.27. The Morgan fingerprint density at radius 1 is 0.702 bits per heavy atom. The molecule has 1 heterocycles. The van der Waals surface area contributed by atoms with Gasteiger partial charge in [0.05, 0.1) is 26.4 Å². The van der Waals surface area contributed by atoms with Crippen molar-refractivity contribution in [2.45, 2.75) is 116 Å². The van der Waals surface area contributed by atoms with Crippen molar-refractivity contribution in [3.8, 4) is 5.75 Å². The SMILES string of the molecule is CCCCCCCCCCCCCCCCCCOCCOP(=O)(COCCn1ccc(N)nc1=O)Oc1cccc2ccccc12. The number of benzene rings is 2. The lowest BCUT2D eigenvalue weighted by atomic mass is 10.0. The van der Waals surface area contributed by atoms with Crippen LogP contribution >= 0.6 is 7.60 Å². The number of hydrogen-bond acceptors (Lipinski definition) is 8. The van der Waals surface area contributed by atoms with Gasteiger partial charge in [0.2, 0.25) is 0 Å². The Morgan fingerprint density at radius 3 is 1.98 bits per heavy atom. The highest BCUT2D eigenvalue weighted by Gasteiger charge is 2.28. The summed E-state index contributed by atoms with van der Waals surface area (Å²) in [5.41, 5.74) is 5.09. The molecule has 1 atom stereocenters. The van der Waals surface area contributed by atoms with E-state index >= 15 is 0 Å². The molecule has 9 nitrogen and oxygen atoms in total. The van der Waals surface area contributed by atoms with Crippen molar-refractivity contribution in [2.75, 3.05) is 38.5 Å². The molecule has 262 valence electrons. The number of nitrogens with two attached hydrogens (primary N) is 1. The van der Waals surface area contributed by atoms with E-state index in [1.807, 2.05) is 36.4 Å². The van der Waals surface area contributed by atoms with Crippen molar-refractivity contribution in [1.29, 1.82) is 0 Å². The zero-order valence-corrected chi connectivity index (χ0v) is 29.5. The van der Waals surface area contributed by atoms with E-state index in [-0.39, 0.29) is 31.9 Å². The fourth-order valence-electron chi connectivity index (χ4n) is 5.56. The van der Waals surface area contributed by atoms with Gasteiger partial charge in [0.1, 0.15) is 11.6 Å². The molecule has 47 heavy (non-hydrogen) atoms. The van der Waals surface area contributed by atoms with Gasteiger partial charge < -0.3 is 19.7 Å². The summed E-state index contributed by atoms with van der Waals surface area (Å²) in [4.78, 5) is 15.7. The minimum absolute atomic E-state index is 0.117. The largest absolute Gasteiger partial charge is 0.422 e. The Balaban J connectivity index is 1.28. The minimum atomic E-state index is -3.71. The van der Waals surface area contributed by atoms with Crippen LogP contribution < -0.4 is 15.9 Å². The topological polar surface area (TPSA) is 115 Å². The van der Waals surface area contributed by atoms with Crippen molar-refractivity contribution in [1.82, 2.24) is 9.55 Å². The van der Waals surface area contributed by atoms with Crippen LogP contribution in [0, 0.1) is 0 Å². The number of rotatable bonds is 28. The molecule has 3 aromatic rings. The molecule has 0 spiro atoms. The number of ether oxygens (including phenoxy) is 2. The summed E-state index contributed by atoms with van der Waals surface area (Å²) < 4.78 is 38.5. The number of hydrogen-bond donors (Lipinski definition) is 1. The van der Waals surface area contributed by atoms with E-state index in [1.165, 1.54) is 94.5 Å². The van der Waals surface area contributed by atoms with E-state index in [0.29, 0.717) is 19.0 Å². The van der Waals surface area contributed by atoms with E-state index in [0.717, 1.165) is 23.6 Å². The molecule has 0 amide bonds. The second-order valence-electron chi connectivity index (χ2n) is 12.3. The van der Waals surface area contributed by atoms with Crippen LogP contribution in [0.1, 0.15) is 110 Å². The van der Waals surface area contributed by atoms with Gasteiger partial charge in [0.15, 0.2) is 6.35 Å². The molecule has 3 rings (SSSR count). The van der Waals surface area contributed by atoms with Crippen molar-refractivity contribution in [3.05, 3.63) is 65.2 Å². The first-order valence-corrected chi connectivity index (χ1v) is 19.6. The summed E-state index contributed by atoms with van der Waals surface area (Å²) in [5, 5.41) is 1.80. The average molecular weight is 672 g/mol. The van der Waals surface area contributed by atoms with Crippen molar-refractivity contribution >= 4 is 24.2 Å². The smallest absolute Gasteiger partial charge is 0.404 e. The van der Waals surface area contributed by atoms with Crippen LogP contribution in [-0.4, -0.2) is 42.3 Å². The molecule has 0 saturated carbocycles. The van der Waals surface area contributed by atoms with Crippen LogP contribution in [0.5, 0.6) is 5.75 Å². The Labute approximate surface area is 282 Å². The molecule has 0 saturated heterocycles. The summed E-state index contributed by atoms with van der Waals surface area (Å²) in [6, 6.07) is 14.9. The van der Waals surface area contributed by atoms with Crippen molar-refractivity contribution in [2.24, 2.45) is 0 Å². The molecule has 10 heteroatoms. The van der Waals surface area contributed by atoms with Gasteiger partial charge in [-0.3, -0.25) is 9.09 Å². The third kappa shape index (κ3) is 16.3. The summed E-state index contributed by atoms with van der Waals surface area (Å²) >= 11 is 0. The highest BCUT2D eigenvalue weighted by Crippen LogP contribution is 2.49. The van der Waals surface area contributed by atoms with Crippen LogP contribution in [0.4, 0.5) is 5.82 Å². The van der Waals surface area contributed by atoms with Gasteiger partial charge in [0, 0.05) is 18.2 Å². The maximum atomic E-state index is 13.8. The monoisotopic (exact) mass is 671 g/mol. The maximum absolute atomic E-state index is 13.8. The molecule has 0 fully saturated rings. The number of fused-ring (bicyclic) bond motifs is 1. The summed E-state index contributed by atoms with van der Waals surface area (Å²) in [5.74, 6) is 0.619. The number of nitrogen functional groups attached to an aromatic ring is 1. The standard InChI is InChI=1S/C37H58N3O6P/c1-2-3-4-5-6-7-8-9-10-11-12-13-14-15-16-19-28-43-30-31-45-47(42,32-44-29-27-40-26-25-36(38)39-37(40)41)46-35-24-20-22-33-21-17-18-23-34(33)35/h17-18,20-26H,2-16,19,27-32H2,1H3,(H2,38,39,41). The van der Waals surface area contributed by atoms with Gasteiger partial charge in [-0.2, -0.15) is 4.98 Å². The molecular formula is C37H58N3O6P. The number of anilines is 1. The lowest BCUT2D eigenvalue weighted by Crippen LogP contribution is -2.25. The fraction of sp³-hybridized carbons (Fsp3) is 0.622. The highest BCUT2D eigenvalue weighted by atomic mass is 31.2. The Morgan fingerprint density at radius 2 is 1.32 bits per heavy atom. The van der Waals surface area contributed by atoms with Crippen molar-refractivity contribution in [3.63, 3.8) is 0 Å².